The van der Waals surface area contributed by atoms with E-state index in [1.807, 2.05) is 0 Å². The van der Waals surface area contributed by atoms with Crippen LogP contribution in [-0.4, -0.2) is 18.5 Å². The SMILES string of the molecule is O=C(COC(=O)/C=C/c1cccc(F)c1)Nc1ccc(Cl)cc1F. The third kappa shape index (κ3) is 5.48. The van der Waals surface area contributed by atoms with Gasteiger partial charge in [0.25, 0.3) is 5.91 Å². The van der Waals surface area contributed by atoms with Gasteiger partial charge in [-0.25, -0.2) is 13.6 Å². The number of anilines is 1. The summed E-state index contributed by atoms with van der Waals surface area (Å²) in [5.74, 6) is -2.63. The van der Waals surface area contributed by atoms with Gasteiger partial charge in [0.2, 0.25) is 0 Å². The van der Waals surface area contributed by atoms with Crippen LogP contribution in [0.15, 0.2) is 48.5 Å². The number of benzene rings is 2. The van der Waals surface area contributed by atoms with Crippen molar-refractivity contribution in [1.82, 2.24) is 0 Å². The number of hydrogen-bond donors (Lipinski definition) is 1. The molecule has 0 spiro atoms. The fraction of sp³-hybridized carbons (Fsp3) is 0.0588. The summed E-state index contributed by atoms with van der Waals surface area (Å²) in [4.78, 5) is 23.1. The first-order chi connectivity index (χ1) is 11.4. The molecule has 24 heavy (non-hydrogen) atoms. The Morgan fingerprint density at radius 2 is 1.96 bits per heavy atom. The molecule has 0 saturated heterocycles. The van der Waals surface area contributed by atoms with Gasteiger partial charge < -0.3 is 10.1 Å². The minimum Gasteiger partial charge on any atom is -0.452 e. The van der Waals surface area contributed by atoms with Crippen LogP contribution in [0.1, 0.15) is 5.56 Å². The fourth-order valence-corrected chi connectivity index (χ4v) is 1.90. The topological polar surface area (TPSA) is 55.4 Å². The van der Waals surface area contributed by atoms with Gasteiger partial charge in [-0.05, 0) is 42.0 Å². The largest absolute Gasteiger partial charge is 0.452 e. The van der Waals surface area contributed by atoms with Crippen molar-refractivity contribution in [3.05, 3.63) is 70.8 Å². The van der Waals surface area contributed by atoms with Crippen LogP contribution in [0.4, 0.5) is 14.5 Å². The number of hydrogen-bond acceptors (Lipinski definition) is 3. The van der Waals surface area contributed by atoms with Gasteiger partial charge in [-0.1, -0.05) is 23.7 Å². The van der Waals surface area contributed by atoms with Crippen LogP contribution in [-0.2, 0) is 14.3 Å². The van der Waals surface area contributed by atoms with E-state index >= 15 is 0 Å². The number of carbonyl (C=O) groups is 2. The normalized spacial score (nSPS) is 10.6. The highest BCUT2D eigenvalue weighted by molar-refractivity contribution is 6.30. The summed E-state index contributed by atoms with van der Waals surface area (Å²) in [6, 6.07) is 9.35. The number of esters is 1. The maximum absolute atomic E-state index is 13.5. The molecule has 0 heterocycles. The van der Waals surface area contributed by atoms with Crippen molar-refractivity contribution in [1.29, 1.82) is 0 Å². The van der Waals surface area contributed by atoms with Crippen LogP contribution in [0.25, 0.3) is 6.08 Å². The number of carbonyl (C=O) groups excluding carboxylic acids is 2. The van der Waals surface area contributed by atoms with E-state index in [0.29, 0.717) is 5.56 Å². The molecule has 0 radical (unpaired) electrons. The van der Waals surface area contributed by atoms with Crippen molar-refractivity contribution in [3.8, 4) is 0 Å². The zero-order valence-electron chi connectivity index (χ0n) is 12.3. The Hall–Kier alpha value is -2.73. The van der Waals surface area contributed by atoms with Crippen LogP contribution >= 0.6 is 11.6 Å². The number of halogens is 3. The molecule has 2 rings (SSSR count). The first-order valence-corrected chi connectivity index (χ1v) is 7.17. The Labute approximate surface area is 141 Å². The van der Waals surface area contributed by atoms with Crippen LogP contribution in [0.2, 0.25) is 5.02 Å². The third-order valence-corrected chi connectivity index (χ3v) is 3.05. The Morgan fingerprint density at radius 1 is 1.17 bits per heavy atom. The van der Waals surface area contributed by atoms with Crippen molar-refractivity contribution < 1.29 is 23.1 Å². The average Bonchev–Trinajstić information content (AvgIpc) is 2.54. The summed E-state index contributed by atoms with van der Waals surface area (Å²) < 4.78 is 31.2. The van der Waals surface area contributed by atoms with E-state index in [-0.39, 0.29) is 10.7 Å². The number of rotatable bonds is 5. The lowest BCUT2D eigenvalue weighted by atomic mass is 10.2. The van der Waals surface area contributed by atoms with Crippen LogP contribution < -0.4 is 5.32 Å². The number of ether oxygens (including phenoxy) is 1. The zero-order valence-corrected chi connectivity index (χ0v) is 13.0. The molecular weight excluding hydrogens is 340 g/mol. The smallest absolute Gasteiger partial charge is 0.331 e. The van der Waals surface area contributed by atoms with Gasteiger partial charge in [0, 0.05) is 11.1 Å². The van der Waals surface area contributed by atoms with Gasteiger partial charge in [0.05, 0.1) is 5.69 Å². The third-order valence-electron chi connectivity index (χ3n) is 2.81. The molecule has 0 saturated carbocycles. The molecule has 1 amide bonds. The summed E-state index contributed by atoms with van der Waals surface area (Å²) in [5.41, 5.74) is 0.399. The summed E-state index contributed by atoms with van der Waals surface area (Å²) in [6.07, 6.45) is 2.41. The Kier molecular flexibility index (Phi) is 6.03. The Morgan fingerprint density at radius 3 is 2.67 bits per heavy atom. The predicted molar refractivity (Wildman–Crippen MR) is 86.4 cm³/mol. The second-order valence-corrected chi connectivity index (χ2v) is 5.10. The van der Waals surface area contributed by atoms with Crippen molar-refractivity contribution in [2.75, 3.05) is 11.9 Å². The maximum Gasteiger partial charge on any atom is 0.331 e. The second kappa shape index (κ2) is 8.21. The molecular formula is C17H12ClF2NO3. The Bertz CT molecular complexity index is 793. The van der Waals surface area contributed by atoms with E-state index in [4.69, 9.17) is 16.3 Å². The summed E-state index contributed by atoms with van der Waals surface area (Å²) in [5, 5.41) is 2.44. The Balaban J connectivity index is 1.83. The molecule has 7 heteroatoms. The second-order valence-electron chi connectivity index (χ2n) is 4.67. The summed E-state index contributed by atoms with van der Waals surface area (Å²) in [6.45, 7) is -0.589. The molecule has 2 aromatic rings. The lowest BCUT2D eigenvalue weighted by Gasteiger charge is -2.06. The standard InChI is InChI=1S/C17H12ClF2NO3/c18-12-5-6-15(14(20)9-12)21-16(22)10-24-17(23)7-4-11-2-1-3-13(19)8-11/h1-9H,10H2,(H,21,22)/b7-4+. The van der Waals surface area contributed by atoms with Gasteiger partial charge in [0.1, 0.15) is 11.6 Å². The molecule has 0 atom stereocenters. The molecule has 0 aromatic heterocycles. The monoisotopic (exact) mass is 351 g/mol. The number of nitrogens with one attached hydrogen (secondary N) is 1. The van der Waals surface area contributed by atoms with E-state index < -0.39 is 30.1 Å². The molecule has 0 unspecified atom stereocenters. The predicted octanol–water partition coefficient (Wildman–Crippen LogP) is 3.81. The van der Waals surface area contributed by atoms with Gasteiger partial charge in [-0.2, -0.15) is 0 Å². The lowest BCUT2D eigenvalue weighted by Crippen LogP contribution is -2.20. The van der Waals surface area contributed by atoms with Gasteiger partial charge >= 0.3 is 5.97 Å². The van der Waals surface area contributed by atoms with Crippen molar-refractivity contribution >= 4 is 35.2 Å². The number of amides is 1. The molecule has 0 aliphatic rings. The van der Waals surface area contributed by atoms with Crippen molar-refractivity contribution in [2.45, 2.75) is 0 Å². The highest BCUT2D eigenvalue weighted by Gasteiger charge is 2.09. The molecule has 1 N–H and O–H groups in total. The van der Waals surface area contributed by atoms with Crippen LogP contribution in [0, 0.1) is 11.6 Å². The highest BCUT2D eigenvalue weighted by Crippen LogP contribution is 2.18. The van der Waals surface area contributed by atoms with E-state index in [9.17, 15) is 18.4 Å². The molecule has 0 aliphatic carbocycles. The van der Waals surface area contributed by atoms with Crippen molar-refractivity contribution in [2.24, 2.45) is 0 Å². The molecule has 124 valence electrons. The minimum absolute atomic E-state index is 0.0734. The molecule has 0 bridgehead atoms. The first-order valence-electron chi connectivity index (χ1n) is 6.79. The van der Waals surface area contributed by atoms with E-state index in [1.54, 1.807) is 6.07 Å². The van der Waals surface area contributed by atoms with Crippen LogP contribution in [0.3, 0.4) is 0 Å². The van der Waals surface area contributed by atoms with E-state index in [1.165, 1.54) is 36.4 Å². The highest BCUT2D eigenvalue weighted by atomic mass is 35.5. The molecule has 0 aliphatic heterocycles. The van der Waals surface area contributed by atoms with E-state index in [0.717, 1.165) is 12.1 Å². The fourth-order valence-electron chi connectivity index (χ4n) is 1.74. The lowest BCUT2D eigenvalue weighted by molar-refractivity contribution is -0.142. The molecule has 2 aromatic carbocycles. The molecule has 4 nitrogen and oxygen atoms in total. The summed E-state index contributed by atoms with van der Waals surface area (Å²) >= 11 is 5.60. The van der Waals surface area contributed by atoms with Gasteiger partial charge in [0.15, 0.2) is 6.61 Å². The first kappa shape index (κ1) is 17.6. The van der Waals surface area contributed by atoms with Crippen LogP contribution in [0.5, 0.6) is 0 Å². The summed E-state index contributed by atoms with van der Waals surface area (Å²) in [7, 11) is 0. The van der Waals surface area contributed by atoms with E-state index in [2.05, 4.69) is 5.32 Å². The maximum atomic E-state index is 13.5. The zero-order chi connectivity index (χ0) is 17.5. The van der Waals surface area contributed by atoms with Gasteiger partial charge in [-0.15, -0.1) is 0 Å². The average molecular weight is 352 g/mol. The van der Waals surface area contributed by atoms with Crippen molar-refractivity contribution in [3.63, 3.8) is 0 Å². The minimum atomic E-state index is -0.786. The molecule has 0 fully saturated rings. The quantitative estimate of drug-likeness (QED) is 0.658. The van der Waals surface area contributed by atoms with Gasteiger partial charge in [-0.3, -0.25) is 4.79 Å².